The third-order valence-electron chi connectivity index (χ3n) is 3.37. The molecule has 1 atom stereocenters. The number of amides is 1. The lowest BCUT2D eigenvalue weighted by molar-refractivity contribution is -0.119. The molecule has 0 fully saturated rings. The summed E-state index contributed by atoms with van der Waals surface area (Å²) < 4.78 is 0. The molecule has 1 aliphatic rings. The number of benzene rings is 1. The van der Waals surface area contributed by atoms with Crippen LogP contribution in [-0.4, -0.2) is 18.5 Å². The molecule has 19 heavy (non-hydrogen) atoms. The van der Waals surface area contributed by atoms with Gasteiger partial charge in [0.25, 0.3) is 0 Å². The van der Waals surface area contributed by atoms with E-state index in [-0.39, 0.29) is 11.9 Å². The van der Waals surface area contributed by atoms with E-state index in [2.05, 4.69) is 12.2 Å². The molecule has 1 heterocycles. The highest BCUT2D eigenvalue weighted by molar-refractivity contribution is 6.42. The molecular weight excluding hydrogens is 283 g/mol. The highest BCUT2D eigenvalue weighted by Crippen LogP contribution is 2.38. The first-order valence-electron chi connectivity index (χ1n) is 6.65. The normalized spacial score (nSPS) is 18.2. The zero-order valence-corrected chi connectivity index (χ0v) is 12.7. The van der Waals surface area contributed by atoms with E-state index in [1.165, 1.54) is 0 Å². The van der Waals surface area contributed by atoms with Crippen molar-refractivity contribution in [2.24, 2.45) is 0 Å². The minimum atomic E-state index is -0.179. The number of carbonyl (C=O) groups is 1. The lowest BCUT2D eigenvalue weighted by atomic mass is 10.1. The van der Waals surface area contributed by atoms with Crippen LogP contribution in [0.15, 0.2) is 12.1 Å². The van der Waals surface area contributed by atoms with Gasteiger partial charge >= 0.3 is 0 Å². The predicted octanol–water partition coefficient (Wildman–Crippen LogP) is 4.33. The molecule has 5 heteroatoms. The molecule has 1 amide bonds. The Kier molecular flexibility index (Phi) is 4.58. The molecule has 1 aromatic carbocycles. The van der Waals surface area contributed by atoms with Gasteiger partial charge in [0.05, 0.1) is 21.4 Å². The van der Waals surface area contributed by atoms with Crippen LogP contribution in [0.25, 0.3) is 0 Å². The van der Waals surface area contributed by atoms with Gasteiger partial charge in [0.2, 0.25) is 5.91 Å². The monoisotopic (exact) mass is 300 g/mol. The van der Waals surface area contributed by atoms with Gasteiger partial charge in [-0.25, -0.2) is 0 Å². The largest absolute Gasteiger partial charge is 0.372 e. The summed E-state index contributed by atoms with van der Waals surface area (Å²) in [4.78, 5) is 14.2. The number of carbonyl (C=O) groups excluding carboxylic acids is 1. The Balaban J connectivity index is 2.42. The molecule has 0 radical (unpaired) electrons. The molecule has 1 unspecified atom stereocenters. The molecular formula is C14H18Cl2N2O. The molecule has 0 spiro atoms. The smallest absolute Gasteiger partial charge is 0.249 e. The molecule has 104 valence electrons. The number of hydrogen-bond donors (Lipinski definition) is 1. The van der Waals surface area contributed by atoms with Gasteiger partial charge in [0.1, 0.15) is 6.04 Å². The van der Waals surface area contributed by atoms with Gasteiger partial charge < -0.3 is 10.2 Å². The number of rotatable bonds is 4. The molecule has 1 aromatic rings. The van der Waals surface area contributed by atoms with Crippen LogP contribution in [0.5, 0.6) is 0 Å². The van der Waals surface area contributed by atoms with Crippen LogP contribution in [0, 0.1) is 0 Å². The van der Waals surface area contributed by atoms with Gasteiger partial charge in [-0.3, -0.25) is 4.79 Å². The van der Waals surface area contributed by atoms with Gasteiger partial charge in [-0.1, -0.05) is 43.5 Å². The molecule has 1 aliphatic heterocycles. The summed E-state index contributed by atoms with van der Waals surface area (Å²) >= 11 is 12.1. The van der Waals surface area contributed by atoms with Gasteiger partial charge in [-0.05, 0) is 25.0 Å². The van der Waals surface area contributed by atoms with E-state index >= 15 is 0 Å². The average molecular weight is 301 g/mol. The first-order chi connectivity index (χ1) is 9.08. The summed E-state index contributed by atoms with van der Waals surface area (Å²) in [7, 11) is 0. The average Bonchev–Trinajstić information content (AvgIpc) is 2.39. The molecule has 0 aliphatic carbocycles. The minimum Gasteiger partial charge on any atom is -0.372 e. The van der Waals surface area contributed by atoms with Crippen LogP contribution in [0.4, 0.5) is 11.4 Å². The Morgan fingerprint density at radius 1 is 1.26 bits per heavy atom. The Bertz CT molecular complexity index is 491. The summed E-state index contributed by atoms with van der Waals surface area (Å²) in [6.45, 7) is 4.83. The molecule has 0 bridgehead atoms. The molecule has 1 N–H and O–H groups in total. The fourth-order valence-electron chi connectivity index (χ4n) is 2.26. The second-order valence-corrected chi connectivity index (χ2v) is 5.55. The molecule has 2 rings (SSSR count). The zero-order valence-electron chi connectivity index (χ0n) is 11.2. The van der Waals surface area contributed by atoms with Crippen molar-refractivity contribution >= 4 is 40.5 Å². The van der Waals surface area contributed by atoms with E-state index in [0.29, 0.717) is 10.0 Å². The number of anilines is 2. The first kappa shape index (κ1) is 14.5. The SMILES string of the molecule is CCCCN1C(=O)C(CC)Nc2cc(Cl)c(Cl)cc21. The predicted molar refractivity (Wildman–Crippen MR) is 81.4 cm³/mol. The standard InChI is InChI=1S/C14H18Cl2N2O/c1-3-5-6-18-13-8-10(16)9(15)7-12(13)17-11(4-2)14(18)19/h7-8,11,17H,3-6H2,1-2H3. The van der Waals surface area contributed by atoms with Crippen molar-refractivity contribution in [1.82, 2.24) is 0 Å². The quantitative estimate of drug-likeness (QED) is 0.897. The van der Waals surface area contributed by atoms with E-state index < -0.39 is 0 Å². The maximum Gasteiger partial charge on any atom is 0.249 e. The van der Waals surface area contributed by atoms with Crippen molar-refractivity contribution < 1.29 is 4.79 Å². The van der Waals surface area contributed by atoms with E-state index in [9.17, 15) is 4.79 Å². The minimum absolute atomic E-state index is 0.113. The molecule has 0 saturated carbocycles. The zero-order chi connectivity index (χ0) is 14.0. The maximum atomic E-state index is 12.4. The number of unbranched alkanes of at least 4 members (excludes halogenated alkanes) is 1. The second-order valence-electron chi connectivity index (χ2n) is 4.73. The first-order valence-corrected chi connectivity index (χ1v) is 7.41. The Hall–Kier alpha value is -0.930. The van der Waals surface area contributed by atoms with E-state index in [1.54, 1.807) is 12.1 Å². The summed E-state index contributed by atoms with van der Waals surface area (Å²) in [5, 5.41) is 4.22. The maximum absolute atomic E-state index is 12.4. The van der Waals surface area contributed by atoms with Crippen LogP contribution < -0.4 is 10.2 Å². The van der Waals surface area contributed by atoms with Crippen molar-refractivity contribution in [2.45, 2.75) is 39.2 Å². The van der Waals surface area contributed by atoms with Crippen molar-refractivity contribution in [1.29, 1.82) is 0 Å². The Morgan fingerprint density at radius 2 is 1.95 bits per heavy atom. The van der Waals surface area contributed by atoms with Crippen molar-refractivity contribution in [2.75, 3.05) is 16.8 Å². The van der Waals surface area contributed by atoms with Gasteiger partial charge in [-0.15, -0.1) is 0 Å². The third-order valence-corrected chi connectivity index (χ3v) is 4.09. The molecule has 0 saturated heterocycles. The van der Waals surface area contributed by atoms with Crippen molar-refractivity contribution in [3.05, 3.63) is 22.2 Å². The number of nitrogens with one attached hydrogen (secondary N) is 1. The number of hydrogen-bond acceptors (Lipinski definition) is 2. The van der Waals surface area contributed by atoms with Gasteiger partial charge in [-0.2, -0.15) is 0 Å². The van der Waals surface area contributed by atoms with Crippen molar-refractivity contribution in [3.8, 4) is 0 Å². The fraction of sp³-hybridized carbons (Fsp3) is 0.500. The van der Waals surface area contributed by atoms with Gasteiger partial charge in [0, 0.05) is 6.54 Å². The third kappa shape index (κ3) is 2.82. The number of nitrogens with zero attached hydrogens (tertiary/aromatic N) is 1. The fourth-order valence-corrected chi connectivity index (χ4v) is 2.58. The lowest BCUT2D eigenvalue weighted by Crippen LogP contribution is -2.47. The Morgan fingerprint density at radius 3 is 2.58 bits per heavy atom. The van der Waals surface area contributed by atoms with E-state index in [1.807, 2.05) is 11.8 Å². The highest BCUT2D eigenvalue weighted by atomic mass is 35.5. The molecule has 0 aromatic heterocycles. The van der Waals surface area contributed by atoms with Crippen molar-refractivity contribution in [3.63, 3.8) is 0 Å². The second kappa shape index (κ2) is 6.02. The van der Waals surface area contributed by atoms with Crippen LogP contribution in [-0.2, 0) is 4.79 Å². The Labute approximate surface area is 123 Å². The van der Waals surface area contributed by atoms with Crippen LogP contribution in [0.1, 0.15) is 33.1 Å². The summed E-state index contributed by atoms with van der Waals surface area (Å²) in [6, 6.07) is 3.39. The summed E-state index contributed by atoms with van der Waals surface area (Å²) in [5.74, 6) is 0.113. The van der Waals surface area contributed by atoms with Crippen LogP contribution >= 0.6 is 23.2 Å². The number of fused-ring (bicyclic) bond motifs is 1. The topological polar surface area (TPSA) is 32.3 Å². The summed E-state index contributed by atoms with van der Waals surface area (Å²) in [5.41, 5.74) is 1.72. The van der Waals surface area contributed by atoms with E-state index in [0.717, 1.165) is 37.2 Å². The summed E-state index contributed by atoms with van der Waals surface area (Å²) in [6.07, 6.45) is 2.77. The van der Waals surface area contributed by atoms with Crippen LogP contribution in [0.3, 0.4) is 0 Å². The van der Waals surface area contributed by atoms with Gasteiger partial charge in [0.15, 0.2) is 0 Å². The highest BCUT2D eigenvalue weighted by Gasteiger charge is 2.31. The lowest BCUT2D eigenvalue weighted by Gasteiger charge is -2.35. The van der Waals surface area contributed by atoms with Crippen LogP contribution in [0.2, 0.25) is 10.0 Å². The number of halogens is 2. The molecule has 3 nitrogen and oxygen atoms in total. The van der Waals surface area contributed by atoms with E-state index in [4.69, 9.17) is 23.2 Å².